The van der Waals surface area contributed by atoms with Crippen molar-refractivity contribution in [2.24, 2.45) is 0 Å². The van der Waals surface area contributed by atoms with Crippen LogP contribution >= 0.6 is 11.6 Å². The van der Waals surface area contributed by atoms with E-state index in [2.05, 4.69) is 10.6 Å². The molecule has 0 aromatic heterocycles. The molecule has 3 rings (SSSR count). The van der Waals surface area contributed by atoms with Crippen molar-refractivity contribution in [1.82, 2.24) is 10.2 Å². The second-order valence-electron chi connectivity index (χ2n) is 6.13. The molecule has 0 aliphatic carbocycles. The van der Waals surface area contributed by atoms with Crippen LogP contribution in [0.3, 0.4) is 0 Å². The molecule has 0 spiro atoms. The minimum absolute atomic E-state index is 0.188. The Kier molecular flexibility index (Phi) is 5.73. The summed E-state index contributed by atoms with van der Waals surface area (Å²) in [6.07, 6.45) is 1.37. The Labute approximate surface area is 156 Å². The average Bonchev–Trinajstić information content (AvgIpc) is 3.13. The number of urea groups is 1. The molecule has 2 aromatic carbocycles. The number of amides is 3. The Morgan fingerprint density at radius 2 is 1.81 bits per heavy atom. The number of carbonyl (C=O) groups is 2. The lowest BCUT2D eigenvalue weighted by Crippen LogP contribution is -2.47. The topological polar surface area (TPSA) is 61.4 Å². The highest BCUT2D eigenvalue weighted by Crippen LogP contribution is 2.20. The van der Waals surface area contributed by atoms with Crippen molar-refractivity contribution in [1.29, 1.82) is 0 Å². The van der Waals surface area contributed by atoms with Gasteiger partial charge in [-0.1, -0.05) is 23.7 Å². The second kappa shape index (κ2) is 8.19. The summed E-state index contributed by atoms with van der Waals surface area (Å²) in [7, 11) is 0. The molecule has 1 aliphatic heterocycles. The molecule has 0 saturated carbocycles. The molecule has 7 heteroatoms. The summed E-state index contributed by atoms with van der Waals surface area (Å²) < 4.78 is 13.0. The summed E-state index contributed by atoms with van der Waals surface area (Å²) in [6, 6.07) is 11.9. The largest absolute Gasteiger partial charge is 0.350 e. The van der Waals surface area contributed by atoms with Gasteiger partial charge in [0.05, 0.1) is 0 Å². The summed E-state index contributed by atoms with van der Waals surface area (Å²) in [5.41, 5.74) is 1.42. The van der Waals surface area contributed by atoms with Gasteiger partial charge in [0.2, 0.25) is 5.91 Å². The monoisotopic (exact) mass is 375 g/mol. The predicted octanol–water partition coefficient (Wildman–Crippen LogP) is 3.79. The molecule has 1 heterocycles. The van der Waals surface area contributed by atoms with Crippen molar-refractivity contribution in [3.05, 3.63) is 64.9 Å². The normalized spacial score (nSPS) is 16.4. The van der Waals surface area contributed by atoms with Crippen molar-refractivity contribution < 1.29 is 14.0 Å². The zero-order valence-corrected chi connectivity index (χ0v) is 14.8. The summed E-state index contributed by atoms with van der Waals surface area (Å²) in [5.74, 6) is -0.560. The first kappa shape index (κ1) is 18.2. The number of carbonyl (C=O) groups excluding carboxylic acids is 2. The van der Waals surface area contributed by atoms with Crippen LogP contribution in [0.1, 0.15) is 18.4 Å². The minimum Gasteiger partial charge on any atom is -0.350 e. The van der Waals surface area contributed by atoms with Crippen molar-refractivity contribution >= 4 is 29.2 Å². The van der Waals surface area contributed by atoms with Gasteiger partial charge in [-0.2, -0.15) is 0 Å². The number of anilines is 1. The molecule has 1 fully saturated rings. The molecule has 1 atom stereocenters. The van der Waals surface area contributed by atoms with Crippen molar-refractivity contribution in [2.75, 3.05) is 11.9 Å². The fourth-order valence-electron chi connectivity index (χ4n) is 2.92. The molecule has 3 amide bonds. The van der Waals surface area contributed by atoms with E-state index < -0.39 is 6.04 Å². The molecule has 1 aliphatic rings. The summed E-state index contributed by atoms with van der Waals surface area (Å²) in [6.45, 7) is 0.881. The zero-order chi connectivity index (χ0) is 18.5. The van der Waals surface area contributed by atoms with Gasteiger partial charge in [0, 0.05) is 23.8 Å². The first-order valence-electron chi connectivity index (χ1n) is 8.38. The Morgan fingerprint density at radius 3 is 2.50 bits per heavy atom. The fourth-order valence-corrected chi connectivity index (χ4v) is 3.05. The summed E-state index contributed by atoms with van der Waals surface area (Å²) >= 11 is 5.85. The number of hydrogen-bond acceptors (Lipinski definition) is 2. The molecule has 0 bridgehead atoms. The van der Waals surface area contributed by atoms with Gasteiger partial charge in [-0.3, -0.25) is 4.79 Å². The highest BCUT2D eigenvalue weighted by atomic mass is 35.5. The molecule has 2 N–H and O–H groups in total. The van der Waals surface area contributed by atoms with E-state index in [1.165, 1.54) is 29.2 Å². The van der Waals surface area contributed by atoms with Gasteiger partial charge < -0.3 is 15.5 Å². The maximum absolute atomic E-state index is 13.0. The number of nitrogens with one attached hydrogen (secondary N) is 2. The first-order chi connectivity index (χ1) is 12.5. The second-order valence-corrected chi connectivity index (χ2v) is 6.57. The lowest BCUT2D eigenvalue weighted by Gasteiger charge is -2.24. The molecule has 5 nitrogen and oxygen atoms in total. The number of hydrogen-bond donors (Lipinski definition) is 2. The summed E-state index contributed by atoms with van der Waals surface area (Å²) in [5, 5.41) is 6.20. The van der Waals surface area contributed by atoms with Crippen LogP contribution in [0.5, 0.6) is 0 Å². The average molecular weight is 376 g/mol. The van der Waals surface area contributed by atoms with Crippen LogP contribution in [-0.2, 0) is 11.3 Å². The van der Waals surface area contributed by atoms with Gasteiger partial charge in [-0.15, -0.1) is 0 Å². The number of rotatable bonds is 4. The zero-order valence-electron chi connectivity index (χ0n) is 14.0. The third kappa shape index (κ3) is 4.52. The molecule has 136 valence electrons. The van der Waals surface area contributed by atoms with E-state index in [1.807, 2.05) is 12.1 Å². The van der Waals surface area contributed by atoms with Crippen molar-refractivity contribution in [2.45, 2.75) is 25.4 Å². The van der Waals surface area contributed by atoms with Gasteiger partial charge in [-0.25, -0.2) is 9.18 Å². The third-order valence-electron chi connectivity index (χ3n) is 4.29. The Morgan fingerprint density at radius 1 is 1.12 bits per heavy atom. The highest BCUT2D eigenvalue weighted by Gasteiger charge is 2.34. The highest BCUT2D eigenvalue weighted by molar-refractivity contribution is 6.30. The van der Waals surface area contributed by atoms with Crippen LogP contribution in [0.15, 0.2) is 48.5 Å². The molecule has 2 aromatic rings. The third-order valence-corrected chi connectivity index (χ3v) is 4.54. The van der Waals surface area contributed by atoms with E-state index in [-0.39, 0.29) is 17.8 Å². The van der Waals surface area contributed by atoms with Crippen LogP contribution in [0.4, 0.5) is 14.9 Å². The number of nitrogens with zero attached hydrogens (tertiary/aromatic N) is 1. The van der Waals surface area contributed by atoms with Crippen molar-refractivity contribution in [3.63, 3.8) is 0 Å². The van der Waals surface area contributed by atoms with Crippen LogP contribution < -0.4 is 10.6 Å². The van der Waals surface area contributed by atoms with Crippen molar-refractivity contribution in [3.8, 4) is 0 Å². The Balaban J connectivity index is 1.57. The van der Waals surface area contributed by atoms with Gasteiger partial charge in [0.1, 0.15) is 11.9 Å². The molecule has 0 radical (unpaired) electrons. The van der Waals surface area contributed by atoms with E-state index in [4.69, 9.17) is 11.6 Å². The van der Waals surface area contributed by atoms with E-state index in [0.29, 0.717) is 30.2 Å². The van der Waals surface area contributed by atoms with Crippen LogP contribution in [-0.4, -0.2) is 29.4 Å². The Hall–Kier alpha value is -2.60. The lowest BCUT2D eigenvalue weighted by atomic mass is 10.2. The first-order valence-corrected chi connectivity index (χ1v) is 8.76. The van der Waals surface area contributed by atoms with E-state index in [9.17, 15) is 14.0 Å². The lowest BCUT2D eigenvalue weighted by molar-refractivity contribution is -0.124. The van der Waals surface area contributed by atoms with Crippen LogP contribution in [0, 0.1) is 5.82 Å². The van der Waals surface area contributed by atoms with E-state index >= 15 is 0 Å². The fraction of sp³-hybridized carbons (Fsp3) is 0.263. The molecule has 0 unspecified atom stereocenters. The SMILES string of the molecule is O=C(NCc1ccc(Cl)cc1)[C@@H]1CCCN1C(=O)Nc1ccc(F)cc1. The molecular formula is C19H19ClFN3O2. The number of halogens is 2. The standard InChI is InChI=1S/C19H19ClFN3O2/c20-14-5-3-13(4-6-14)12-22-18(25)17-2-1-11-24(17)19(26)23-16-9-7-15(21)8-10-16/h3-10,17H,1-2,11-12H2,(H,22,25)(H,23,26)/t17-/m0/s1. The number of benzene rings is 2. The van der Waals surface area contributed by atoms with Gasteiger partial charge >= 0.3 is 6.03 Å². The molecular weight excluding hydrogens is 357 g/mol. The summed E-state index contributed by atoms with van der Waals surface area (Å²) in [4.78, 5) is 26.5. The quantitative estimate of drug-likeness (QED) is 0.854. The van der Waals surface area contributed by atoms with E-state index in [0.717, 1.165) is 12.0 Å². The van der Waals surface area contributed by atoms with Gasteiger partial charge in [0.25, 0.3) is 0 Å². The number of likely N-dealkylation sites (tertiary alicyclic amines) is 1. The van der Waals surface area contributed by atoms with Gasteiger partial charge in [0.15, 0.2) is 0 Å². The van der Waals surface area contributed by atoms with Gasteiger partial charge in [-0.05, 0) is 54.8 Å². The maximum atomic E-state index is 13.0. The molecule has 1 saturated heterocycles. The minimum atomic E-state index is -0.511. The molecule has 26 heavy (non-hydrogen) atoms. The smallest absolute Gasteiger partial charge is 0.322 e. The predicted molar refractivity (Wildman–Crippen MR) is 98.4 cm³/mol. The maximum Gasteiger partial charge on any atom is 0.322 e. The van der Waals surface area contributed by atoms with Crippen LogP contribution in [0.25, 0.3) is 0 Å². The van der Waals surface area contributed by atoms with Crippen LogP contribution in [0.2, 0.25) is 5.02 Å². The van der Waals surface area contributed by atoms with E-state index in [1.54, 1.807) is 12.1 Å². The Bertz CT molecular complexity index is 780.